The minimum atomic E-state index is -0.822. The number of carbonyl (C=O) groups is 2. The zero-order valence-electron chi connectivity index (χ0n) is 16.2. The van der Waals surface area contributed by atoms with Crippen LogP contribution in [-0.2, 0) is 11.2 Å². The molecule has 2 heterocycles. The fourth-order valence-electron chi connectivity index (χ4n) is 4.52. The van der Waals surface area contributed by atoms with E-state index < -0.39 is 11.9 Å². The highest BCUT2D eigenvalue weighted by Gasteiger charge is 2.36. The number of pyridine rings is 1. The van der Waals surface area contributed by atoms with Gasteiger partial charge in [0.1, 0.15) is 11.3 Å². The van der Waals surface area contributed by atoms with Crippen LogP contribution in [0.5, 0.6) is 0 Å². The van der Waals surface area contributed by atoms with E-state index in [9.17, 15) is 14.7 Å². The molecular formula is C23H24N2O3. The van der Waals surface area contributed by atoms with E-state index in [4.69, 9.17) is 0 Å². The fourth-order valence-corrected chi connectivity index (χ4v) is 4.52. The first-order chi connectivity index (χ1) is 13.5. The van der Waals surface area contributed by atoms with E-state index in [2.05, 4.69) is 18.0 Å². The van der Waals surface area contributed by atoms with Crippen LogP contribution in [0, 0.1) is 6.92 Å². The molecule has 0 fully saturated rings. The lowest BCUT2D eigenvalue weighted by Crippen LogP contribution is -2.11. The van der Waals surface area contributed by atoms with E-state index in [1.807, 2.05) is 47.9 Å². The van der Waals surface area contributed by atoms with Gasteiger partial charge in [0.2, 0.25) is 0 Å². The number of aromatic nitrogens is 2. The van der Waals surface area contributed by atoms with Gasteiger partial charge in [-0.2, -0.15) is 0 Å². The van der Waals surface area contributed by atoms with Crippen LogP contribution in [0.3, 0.4) is 0 Å². The fraction of sp³-hybridized carbons (Fsp3) is 0.348. The lowest BCUT2D eigenvalue weighted by molar-refractivity contribution is -0.138. The van der Waals surface area contributed by atoms with Crippen LogP contribution < -0.4 is 0 Å². The molecule has 1 N–H and O–H groups in total. The average molecular weight is 376 g/mol. The zero-order chi connectivity index (χ0) is 19.8. The molecule has 0 radical (unpaired) electrons. The molecule has 2 atom stereocenters. The SMILES string of the molecule is CCCc1cccn2c(C(=O)C[C@H]3CC(C(=O)O)c4ccccc43)c(C)nc12. The summed E-state index contributed by atoms with van der Waals surface area (Å²) in [5.41, 5.74) is 5.16. The van der Waals surface area contributed by atoms with E-state index in [1.165, 1.54) is 0 Å². The van der Waals surface area contributed by atoms with Gasteiger partial charge in [-0.05, 0) is 48.4 Å². The van der Waals surface area contributed by atoms with Crippen molar-refractivity contribution in [1.29, 1.82) is 0 Å². The van der Waals surface area contributed by atoms with Gasteiger partial charge in [-0.3, -0.25) is 14.0 Å². The highest BCUT2D eigenvalue weighted by atomic mass is 16.4. The predicted molar refractivity (Wildman–Crippen MR) is 107 cm³/mol. The predicted octanol–water partition coefficient (Wildman–Crippen LogP) is 4.52. The Labute approximate surface area is 164 Å². The molecule has 1 unspecified atom stereocenters. The Hall–Kier alpha value is -2.95. The summed E-state index contributed by atoms with van der Waals surface area (Å²) in [5, 5.41) is 9.56. The third kappa shape index (κ3) is 3.01. The topological polar surface area (TPSA) is 71.7 Å². The van der Waals surface area contributed by atoms with Crippen LogP contribution in [0.4, 0.5) is 0 Å². The van der Waals surface area contributed by atoms with Crippen molar-refractivity contribution in [3.63, 3.8) is 0 Å². The summed E-state index contributed by atoms with van der Waals surface area (Å²) in [6.07, 6.45) is 4.60. The third-order valence-electron chi connectivity index (χ3n) is 5.75. The maximum Gasteiger partial charge on any atom is 0.311 e. The molecule has 144 valence electrons. The van der Waals surface area contributed by atoms with Crippen LogP contribution in [0.25, 0.3) is 5.65 Å². The Bertz CT molecular complexity index is 1070. The second-order valence-corrected chi connectivity index (χ2v) is 7.60. The number of nitrogens with zero attached hydrogens (tertiary/aromatic N) is 2. The molecule has 0 amide bonds. The second kappa shape index (κ2) is 7.23. The third-order valence-corrected chi connectivity index (χ3v) is 5.75. The highest BCUT2D eigenvalue weighted by molar-refractivity contribution is 5.97. The summed E-state index contributed by atoms with van der Waals surface area (Å²) in [6, 6.07) is 11.6. The van der Waals surface area contributed by atoms with Crippen LogP contribution in [-0.4, -0.2) is 26.2 Å². The quantitative estimate of drug-likeness (QED) is 0.642. The minimum Gasteiger partial charge on any atom is -0.481 e. The number of aliphatic carboxylic acids is 1. The number of fused-ring (bicyclic) bond motifs is 2. The average Bonchev–Trinajstić information content (AvgIpc) is 3.20. The molecule has 5 nitrogen and oxygen atoms in total. The van der Waals surface area contributed by atoms with E-state index in [0.717, 1.165) is 40.9 Å². The standard InChI is InChI=1S/C23H24N2O3/c1-3-7-15-8-6-11-25-21(14(2)24-22(15)25)20(26)13-16-12-19(23(27)28)18-10-5-4-9-17(16)18/h4-6,8-11,16,19H,3,7,12-13H2,1-2H3,(H,27,28)/t16-,19?/m1/s1. The van der Waals surface area contributed by atoms with Crippen molar-refractivity contribution in [2.75, 3.05) is 0 Å². The van der Waals surface area contributed by atoms with Crippen LogP contribution in [0.1, 0.15) is 70.9 Å². The van der Waals surface area contributed by atoms with E-state index in [-0.39, 0.29) is 11.7 Å². The van der Waals surface area contributed by atoms with Crippen molar-refractivity contribution in [3.05, 3.63) is 70.7 Å². The van der Waals surface area contributed by atoms with Gasteiger partial charge in [0.15, 0.2) is 5.78 Å². The Morgan fingerprint density at radius 3 is 2.64 bits per heavy atom. The number of Topliss-reactive ketones (excluding diaryl/α,β-unsaturated/α-hetero) is 1. The number of carboxylic acid groups (broad SMARTS) is 1. The van der Waals surface area contributed by atoms with Gasteiger partial charge in [0.05, 0.1) is 11.6 Å². The number of carbonyl (C=O) groups excluding carboxylic acids is 1. The minimum absolute atomic E-state index is 0.0180. The molecule has 2 aromatic heterocycles. The van der Waals surface area contributed by atoms with Gasteiger partial charge in [-0.1, -0.05) is 43.7 Å². The summed E-state index contributed by atoms with van der Waals surface area (Å²) in [5.74, 6) is -1.41. The van der Waals surface area contributed by atoms with Crippen molar-refractivity contribution in [3.8, 4) is 0 Å². The van der Waals surface area contributed by atoms with Crippen molar-refractivity contribution in [2.24, 2.45) is 0 Å². The molecule has 1 aliphatic carbocycles. The number of hydrogen-bond acceptors (Lipinski definition) is 3. The number of carboxylic acids is 1. The van der Waals surface area contributed by atoms with Gasteiger partial charge in [-0.25, -0.2) is 4.98 Å². The van der Waals surface area contributed by atoms with Crippen molar-refractivity contribution in [2.45, 2.75) is 51.4 Å². The van der Waals surface area contributed by atoms with E-state index >= 15 is 0 Å². The van der Waals surface area contributed by atoms with Gasteiger partial charge in [0.25, 0.3) is 0 Å². The summed E-state index contributed by atoms with van der Waals surface area (Å²) >= 11 is 0. The summed E-state index contributed by atoms with van der Waals surface area (Å²) in [7, 11) is 0. The Morgan fingerprint density at radius 1 is 1.18 bits per heavy atom. The lowest BCUT2D eigenvalue weighted by Gasteiger charge is -2.11. The molecule has 28 heavy (non-hydrogen) atoms. The summed E-state index contributed by atoms with van der Waals surface area (Å²) < 4.78 is 1.90. The van der Waals surface area contributed by atoms with Crippen LogP contribution >= 0.6 is 0 Å². The van der Waals surface area contributed by atoms with Crippen LogP contribution in [0.2, 0.25) is 0 Å². The molecule has 0 saturated carbocycles. The molecule has 1 aliphatic rings. The van der Waals surface area contributed by atoms with Crippen molar-refractivity contribution in [1.82, 2.24) is 9.38 Å². The maximum absolute atomic E-state index is 13.2. The highest BCUT2D eigenvalue weighted by Crippen LogP contribution is 2.44. The first-order valence-corrected chi connectivity index (χ1v) is 9.82. The lowest BCUT2D eigenvalue weighted by atomic mass is 9.94. The van der Waals surface area contributed by atoms with Gasteiger partial charge in [0, 0.05) is 12.6 Å². The van der Waals surface area contributed by atoms with E-state index in [0.29, 0.717) is 18.5 Å². The zero-order valence-corrected chi connectivity index (χ0v) is 16.2. The van der Waals surface area contributed by atoms with Gasteiger partial charge in [-0.15, -0.1) is 0 Å². The van der Waals surface area contributed by atoms with Crippen molar-refractivity contribution >= 4 is 17.4 Å². The van der Waals surface area contributed by atoms with Crippen LogP contribution in [0.15, 0.2) is 42.6 Å². The Kier molecular flexibility index (Phi) is 4.75. The van der Waals surface area contributed by atoms with Gasteiger partial charge < -0.3 is 5.11 Å². The van der Waals surface area contributed by atoms with Crippen molar-refractivity contribution < 1.29 is 14.7 Å². The number of hydrogen-bond donors (Lipinski definition) is 1. The number of ketones is 1. The molecule has 0 bridgehead atoms. The number of rotatable bonds is 6. The molecule has 3 aromatic rings. The molecule has 0 saturated heterocycles. The number of aryl methyl sites for hydroxylation is 2. The maximum atomic E-state index is 13.2. The van der Waals surface area contributed by atoms with E-state index in [1.54, 1.807) is 0 Å². The molecule has 5 heteroatoms. The monoisotopic (exact) mass is 376 g/mol. The molecule has 4 rings (SSSR count). The first-order valence-electron chi connectivity index (χ1n) is 9.82. The molecule has 0 aliphatic heterocycles. The number of benzene rings is 1. The molecule has 0 spiro atoms. The molecule has 1 aromatic carbocycles. The first kappa shape index (κ1) is 18.4. The Balaban J connectivity index is 1.68. The largest absolute Gasteiger partial charge is 0.481 e. The number of imidazole rings is 1. The molecular weight excluding hydrogens is 352 g/mol. The summed E-state index contributed by atoms with van der Waals surface area (Å²) in [6.45, 7) is 4.00. The van der Waals surface area contributed by atoms with Gasteiger partial charge >= 0.3 is 5.97 Å². The second-order valence-electron chi connectivity index (χ2n) is 7.60. The summed E-state index contributed by atoms with van der Waals surface area (Å²) in [4.78, 5) is 29.6. The Morgan fingerprint density at radius 2 is 1.93 bits per heavy atom. The smallest absolute Gasteiger partial charge is 0.311 e. The normalized spacial score (nSPS) is 18.4.